The molecule has 0 unspecified atom stereocenters. The maximum absolute atomic E-state index is 9.91. The third-order valence-electron chi connectivity index (χ3n) is 5.32. The SMILES string of the molecule is CCNc1cccnc1N1CCN(CCCc2cc(C)c(O)c(C)c2)CC1. The van der Waals surface area contributed by atoms with E-state index in [-0.39, 0.29) is 0 Å². The molecular weight excluding hydrogens is 336 g/mol. The van der Waals surface area contributed by atoms with Crippen molar-refractivity contribution in [2.75, 3.05) is 49.5 Å². The number of hydrogen-bond acceptors (Lipinski definition) is 5. The summed E-state index contributed by atoms with van der Waals surface area (Å²) in [5.41, 5.74) is 4.41. The van der Waals surface area contributed by atoms with Crippen LogP contribution in [-0.2, 0) is 6.42 Å². The lowest BCUT2D eigenvalue weighted by molar-refractivity contribution is 0.254. The van der Waals surface area contributed by atoms with E-state index in [0.29, 0.717) is 5.75 Å². The molecule has 5 nitrogen and oxygen atoms in total. The third-order valence-corrected chi connectivity index (χ3v) is 5.32. The van der Waals surface area contributed by atoms with Gasteiger partial charge in [-0.1, -0.05) is 12.1 Å². The number of rotatable bonds is 7. The smallest absolute Gasteiger partial charge is 0.152 e. The fraction of sp³-hybridized carbons (Fsp3) is 0.500. The van der Waals surface area contributed by atoms with Gasteiger partial charge in [-0.05, 0) is 69.0 Å². The Bertz CT molecular complexity index is 731. The highest BCUT2D eigenvalue weighted by Crippen LogP contribution is 2.25. The molecule has 27 heavy (non-hydrogen) atoms. The average Bonchev–Trinajstić information content (AvgIpc) is 2.67. The summed E-state index contributed by atoms with van der Waals surface area (Å²) in [7, 11) is 0. The molecule has 0 saturated carbocycles. The number of phenols is 1. The van der Waals surface area contributed by atoms with Crippen molar-refractivity contribution in [2.45, 2.75) is 33.6 Å². The largest absolute Gasteiger partial charge is 0.507 e. The van der Waals surface area contributed by atoms with Crippen molar-refractivity contribution in [2.24, 2.45) is 0 Å². The highest BCUT2D eigenvalue weighted by molar-refractivity contribution is 5.65. The van der Waals surface area contributed by atoms with Crippen LogP contribution in [0.15, 0.2) is 30.5 Å². The molecule has 1 fully saturated rings. The fourth-order valence-electron chi connectivity index (χ4n) is 3.86. The number of aryl methyl sites for hydroxylation is 3. The molecule has 1 aromatic carbocycles. The minimum atomic E-state index is 0.432. The molecule has 5 heteroatoms. The number of anilines is 2. The molecule has 0 radical (unpaired) electrons. The summed E-state index contributed by atoms with van der Waals surface area (Å²) in [6.45, 7) is 12.3. The monoisotopic (exact) mass is 368 g/mol. The number of phenolic OH excluding ortho intramolecular Hbond substituents is 1. The number of aromatic hydroxyl groups is 1. The van der Waals surface area contributed by atoms with Gasteiger partial charge in [-0.2, -0.15) is 0 Å². The summed E-state index contributed by atoms with van der Waals surface area (Å²) in [4.78, 5) is 9.53. The number of nitrogens with one attached hydrogen (secondary N) is 1. The first-order chi connectivity index (χ1) is 13.1. The highest BCUT2D eigenvalue weighted by Gasteiger charge is 2.19. The van der Waals surface area contributed by atoms with E-state index < -0.39 is 0 Å². The summed E-state index contributed by atoms with van der Waals surface area (Å²) in [5, 5.41) is 13.3. The van der Waals surface area contributed by atoms with E-state index in [0.717, 1.165) is 74.7 Å². The van der Waals surface area contributed by atoms with Crippen molar-refractivity contribution in [3.8, 4) is 5.75 Å². The quantitative estimate of drug-likeness (QED) is 0.782. The van der Waals surface area contributed by atoms with E-state index in [1.807, 2.05) is 26.1 Å². The van der Waals surface area contributed by atoms with Crippen LogP contribution in [0.25, 0.3) is 0 Å². The zero-order valence-corrected chi connectivity index (χ0v) is 16.8. The Balaban J connectivity index is 1.48. The number of benzene rings is 1. The summed E-state index contributed by atoms with van der Waals surface area (Å²) in [6.07, 6.45) is 4.09. The average molecular weight is 369 g/mol. The van der Waals surface area contributed by atoms with Crippen LogP contribution in [-0.4, -0.2) is 54.3 Å². The van der Waals surface area contributed by atoms with Crippen molar-refractivity contribution < 1.29 is 5.11 Å². The first-order valence-corrected chi connectivity index (χ1v) is 10.0. The van der Waals surface area contributed by atoms with Gasteiger partial charge in [0.05, 0.1) is 5.69 Å². The molecule has 0 spiro atoms. The van der Waals surface area contributed by atoms with Crippen LogP contribution >= 0.6 is 0 Å². The maximum Gasteiger partial charge on any atom is 0.152 e. The van der Waals surface area contributed by atoms with Gasteiger partial charge in [0.1, 0.15) is 5.75 Å². The Hall–Kier alpha value is -2.27. The molecule has 2 heterocycles. The molecule has 0 aliphatic carbocycles. The molecule has 1 saturated heterocycles. The van der Waals surface area contributed by atoms with E-state index >= 15 is 0 Å². The third kappa shape index (κ3) is 4.92. The van der Waals surface area contributed by atoms with Crippen LogP contribution in [0.4, 0.5) is 11.5 Å². The Morgan fingerprint density at radius 3 is 2.48 bits per heavy atom. The Labute approximate surface area is 163 Å². The molecule has 1 aliphatic rings. The van der Waals surface area contributed by atoms with Crippen LogP contribution < -0.4 is 10.2 Å². The lowest BCUT2D eigenvalue weighted by Crippen LogP contribution is -2.47. The second-order valence-electron chi connectivity index (χ2n) is 7.42. The molecule has 2 N–H and O–H groups in total. The fourth-order valence-corrected chi connectivity index (χ4v) is 3.86. The number of piperazine rings is 1. The summed E-state index contributed by atoms with van der Waals surface area (Å²) in [6, 6.07) is 8.33. The Morgan fingerprint density at radius 2 is 1.81 bits per heavy atom. The van der Waals surface area contributed by atoms with Gasteiger partial charge >= 0.3 is 0 Å². The van der Waals surface area contributed by atoms with Gasteiger partial charge in [-0.3, -0.25) is 4.90 Å². The van der Waals surface area contributed by atoms with E-state index in [1.54, 1.807) is 0 Å². The first kappa shape index (κ1) is 19.5. The van der Waals surface area contributed by atoms with Crippen LogP contribution in [0, 0.1) is 13.8 Å². The van der Waals surface area contributed by atoms with Crippen molar-refractivity contribution in [1.29, 1.82) is 0 Å². The number of aromatic nitrogens is 1. The van der Waals surface area contributed by atoms with Gasteiger partial charge in [0.2, 0.25) is 0 Å². The Kier molecular flexibility index (Phi) is 6.56. The predicted octanol–water partition coefficient (Wildman–Crippen LogP) is 3.59. The lowest BCUT2D eigenvalue weighted by Gasteiger charge is -2.36. The number of pyridine rings is 1. The summed E-state index contributed by atoms with van der Waals surface area (Å²) < 4.78 is 0. The predicted molar refractivity (Wildman–Crippen MR) is 113 cm³/mol. The lowest BCUT2D eigenvalue weighted by atomic mass is 10.0. The first-order valence-electron chi connectivity index (χ1n) is 10.0. The molecule has 146 valence electrons. The van der Waals surface area contributed by atoms with Crippen LogP contribution in [0.3, 0.4) is 0 Å². The minimum absolute atomic E-state index is 0.432. The van der Waals surface area contributed by atoms with Crippen molar-refractivity contribution in [3.63, 3.8) is 0 Å². The molecule has 1 aromatic heterocycles. The molecule has 2 aromatic rings. The molecular formula is C22H32N4O. The Morgan fingerprint density at radius 1 is 1.11 bits per heavy atom. The summed E-state index contributed by atoms with van der Waals surface area (Å²) in [5.74, 6) is 1.51. The van der Waals surface area contributed by atoms with Gasteiger partial charge in [0, 0.05) is 38.9 Å². The normalized spacial score (nSPS) is 15.1. The summed E-state index contributed by atoms with van der Waals surface area (Å²) >= 11 is 0. The van der Waals surface area contributed by atoms with Gasteiger partial charge in [-0.15, -0.1) is 0 Å². The molecule has 0 atom stereocenters. The van der Waals surface area contributed by atoms with Gasteiger partial charge < -0.3 is 15.3 Å². The van der Waals surface area contributed by atoms with E-state index in [4.69, 9.17) is 0 Å². The van der Waals surface area contributed by atoms with Crippen LogP contribution in [0.1, 0.15) is 30.0 Å². The number of nitrogens with zero attached hydrogens (tertiary/aromatic N) is 3. The standard InChI is InChI=1S/C22H32N4O/c1-4-23-20-8-5-9-24-22(20)26-13-11-25(12-14-26)10-6-7-19-15-17(2)21(27)18(3)16-19/h5,8-9,15-16,23,27H,4,6-7,10-14H2,1-3H3. The van der Waals surface area contributed by atoms with Crippen molar-refractivity contribution in [3.05, 3.63) is 47.2 Å². The molecule has 3 rings (SSSR count). The highest BCUT2D eigenvalue weighted by atomic mass is 16.3. The van der Waals surface area contributed by atoms with Crippen LogP contribution in [0.2, 0.25) is 0 Å². The number of hydrogen-bond donors (Lipinski definition) is 2. The van der Waals surface area contributed by atoms with Crippen molar-refractivity contribution >= 4 is 11.5 Å². The molecule has 0 bridgehead atoms. The second-order valence-corrected chi connectivity index (χ2v) is 7.42. The molecule has 0 amide bonds. The van der Waals surface area contributed by atoms with E-state index in [2.05, 4.69) is 45.2 Å². The zero-order valence-electron chi connectivity index (χ0n) is 16.8. The van der Waals surface area contributed by atoms with Gasteiger partial charge in [0.15, 0.2) is 5.82 Å². The van der Waals surface area contributed by atoms with E-state index in [1.165, 1.54) is 5.56 Å². The topological polar surface area (TPSA) is 51.6 Å². The zero-order chi connectivity index (χ0) is 19.2. The van der Waals surface area contributed by atoms with Crippen molar-refractivity contribution in [1.82, 2.24) is 9.88 Å². The van der Waals surface area contributed by atoms with Gasteiger partial charge in [0.25, 0.3) is 0 Å². The maximum atomic E-state index is 9.91. The minimum Gasteiger partial charge on any atom is -0.507 e. The molecule has 1 aliphatic heterocycles. The second kappa shape index (κ2) is 9.09. The van der Waals surface area contributed by atoms with Gasteiger partial charge in [-0.25, -0.2) is 4.98 Å². The van der Waals surface area contributed by atoms with Crippen LogP contribution in [0.5, 0.6) is 5.75 Å². The van der Waals surface area contributed by atoms with E-state index in [9.17, 15) is 5.11 Å².